The van der Waals surface area contributed by atoms with Crippen molar-refractivity contribution in [3.8, 4) is 0 Å². The van der Waals surface area contributed by atoms with Gasteiger partial charge in [-0.3, -0.25) is 4.79 Å². The molecule has 2 aromatic heterocycles. The van der Waals surface area contributed by atoms with Crippen molar-refractivity contribution in [1.82, 2.24) is 9.97 Å². The van der Waals surface area contributed by atoms with E-state index in [-0.39, 0.29) is 12.3 Å². The molecule has 0 bridgehead atoms. The van der Waals surface area contributed by atoms with E-state index in [1.54, 1.807) is 6.20 Å². The summed E-state index contributed by atoms with van der Waals surface area (Å²) in [6.45, 7) is 1.91. The van der Waals surface area contributed by atoms with Crippen LogP contribution < -0.4 is 0 Å². The molecular formula is C11H12N2O2. The molecule has 0 fully saturated rings. The number of nitrogens with zero attached hydrogens (tertiary/aromatic N) is 1. The van der Waals surface area contributed by atoms with Crippen molar-refractivity contribution in [3.05, 3.63) is 30.1 Å². The van der Waals surface area contributed by atoms with Gasteiger partial charge in [0, 0.05) is 17.8 Å². The maximum atomic E-state index is 10.6. The fraction of sp³-hybridized carbons (Fsp3) is 0.273. The number of nitrogens with one attached hydrogen (secondary N) is 1. The zero-order chi connectivity index (χ0) is 10.8. The maximum absolute atomic E-state index is 10.6. The van der Waals surface area contributed by atoms with Crippen LogP contribution in [0.5, 0.6) is 0 Å². The molecule has 78 valence electrons. The van der Waals surface area contributed by atoms with Crippen LogP contribution in [-0.4, -0.2) is 21.0 Å². The second-order valence-corrected chi connectivity index (χ2v) is 3.64. The van der Waals surface area contributed by atoms with E-state index in [0.29, 0.717) is 0 Å². The summed E-state index contributed by atoms with van der Waals surface area (Å²) in [5.74, 6) is -0.777. The summed E-state index contributed by atoms with van der Waals surface area (Å²) in [7, 11) is 0. The number of aromatic amines is 1. The highest BCUT2D eigenvalue weighted by atomic mass is 16.4. The van der Waals surface area contributed by atoms with E-state index in [0.717, 1.165) is 16.6 Å². The minimum absolute atomic E-state index is 0.000417. The Morgan fingerprint density at radius 2 is 2.47 bits per heavy atom. The minimum atomic E-state index is -0.777. The molecule has 0 aliphatic rings. The molecule has 4 nitrogen and oxygen atoms in total. The lowest BCUT2D eigenvalue weighted by atomic mass is 9.98. The molecule has 2 aromatic rings. The first-order chi connectivity index (χ1) is 7.18. The fourth-order valence-corrected chi connectivity index (χ4v) is 1.76. The molecule has 0 aromatic carbocycles. The van der Waals surface area contributed by atoms with Gasteiger partial charge in [-0.15, -0.1) is 0 Å². The Bertz CT molecular complexity index is 490. The van der Waals surface area contributed by atoms with Crippen molar-refractivity contribution in [3.63, 3.8) is 0 Å². The number of hydrogen-bond donors (Lipinski definition) is 2. The normalized spacial score (nSPS) is 12.9. The lowest BCUT2D eigenvalue weighted by Crippen LogP contribution is -2.02. The highest BCUT2D eigenvalue weighted by Gasteiger charge is 2.14. The predicted molar refractivity (Wildman–Crippen MR) is 56.8 cm³/mol. The third kappa shape index (κ3) is 1.83. The second kappa shape index (κ2) is 3.73. The number of fused-ring (bicyclic) bond motifs is 1. The van der Waals surface area contributed by atoms with Crippen molar-refractivity contribution in [2.45, 2.75) is 19.3 Å². The third-order valence-corrected chi connectivity index (χ3v) is 2.49. The highest BCUT2D eigenvalue weighted by Crippen LogP contribution is 2.26. The molecule has 0 saturated heterocycles. The van der Waals surface area contributed by atoms with Crippen molar-refractivity contribution < 1.29 is 9.90 Å². The Hall–Kier alpha value is -1.84. The molecule has 2 heterocycles. The number of carboxylic acids is 1. The Kier molecular flexibility index (Phi) is 2.41. The smallest absolute Gasteiger partial charge is 0.303 e. The molecule has 0 radical (unpaired) electrons. The molecular weight excluding hydrogens is 192 g/mol. The van der Waals surface area contributed by atoms with Gasteiger partial charge in [-0.1, -0.05) is 6.92 Å². The van der Waals surface area contributed by atoms with Crippen molar-refractivity contribution in [1.29, 1.82) is 0 Å². The monoisotopic (exact) mass is 204 g/mol. The van der Waals surface area contributed by atoms with Crippen LogP contribution >= 0.6 is 0 Å². The van der Waals surface area contributed by atoms with E-state index in [1.165, 1.54) is 0 Å². The number of pyridine rings is 1. The average molecular weight is 204 g/mol. The van der Waals surface area contributed by atoms with E-state index in [1.807, 2.05) is 25.3 Å². The van der Waals surface area contributed by atoms with Gasteiger partial charge in [-0.25, -0.2) is 4.98 Å². The predicted octanol–water partition coefficient (Wildman–Crippen LogP) is 2.14. The van der Waals surface area contributed by atoms with Gasteiger partial charge >= 0.3 is 5.97 Å². The minimum Gasteiger partial charge on any atom is -0.481 e. The van der Waals surface area contributed by atoms with Gasteiger partial charge in [0.1, 0.15) is 5.65 Å². The largest absolute Gasteiger partial charge is 0.481 e. The van der Waals surface area contributed by atoms with E-state index in [4.69, 9.17) is 5.11 Å². The molecule has 2 rings (SSSR count). The van der Waals surface area contributed by atoms with Gasteiger partial charge < -0.3 is 10.1 Å². The first-order valence-electron chi connectivity index (χ1n) is 4.82. The number of carboxylic acid groups (broad SMARTS) is 1. The van der Waals surface area contributed by atoms with Crippen molar-refractivity contribution >= 4 is 17.0 Å². The Labute approximate surface area is 87.0 Å². The molecule has 0 amide bonds. The van der Waals surface area contributed by atoms with Gasteiger partial charge in [0.2, 0.25) is 0 Å². The molecule has 4 heteroatoms. The maximum Gasteiger partial charge on any atom is 0.303 e. The van der Waals surface area contributed by atoms with Gasteiger partial charge in [-0.2, -0.15) is 0 Å². The molecule has 0 unspecified atom stereocenters. The summed E-state index contributed by atoms with van der Waals surface area (Å²) < 4.78 is 0. The molecule has 0 aliphatic heterocycles. The number of H-pyrrole nitrogens is 1. The molecule has 0 aliphatic carbocycles. The summed E-state index contributed by atoms with van der Waals surface area (Å²) in [6, 6.07) is 3.81. The van der Waals surface area contributed by atoms with Gasteiger partial charge in [0.05, 0.1) is 6.42 Å². The number of rotatable bonds is 3. The van der Waals surface area contributed by atoms with Gasteiger partial charge in [-0.05, 0) is 23.6 Å². The lowest BCUT2D eigenvalue weighted by Gasteiger charge is -2.06. The first-order valence-corrected chi connectivity index (χ1v) is 4.82. The average Bonchev–Trinajstić information content (AvgIpc) is 2.59. The van der Waals surface area contributed by atoms with Crippen LogP contribution in [0.15, 0.2) is 24.5 Å². The number of aliphatic carboxylic acids is 1. The van der Waals surface area contributed by atoms with Crippen LogP contribution in [0.3, 0.4) is 0 Å². The first kappa shape index (κ1) is 9.71. The Balaban J connectivity index is 2.39. The van der Waals surface area contributed by atoms with Crippen molar-refractivity contribution in [2.75, 3.05) is 0 Å². The Morgan fingerprint density at radius 1 is 1.67 bits per heavy atom. The van der Waals surface area contributed by atoms with Crippen molar-refractivity contribution in [2.24, 2.45) is 0 Å². The molecule has 15 heavy (non-hydrogen) atoms. The van der Waals surface area contributed by atoms with E-state index < -0.39 is 5.97 Å². The van der Waals surface area contributed by atoms with Crippen LogP contribution in [-0.2, 0) is 4.79 Å². The van der Waals surface area contributed by atoms with Crippen LogP contribution in [0.2, 0.25) is 0 Å². The standard InChI is InChI=1S/C11H12N2O2/c1-7(5-10(14)15)9-6-13-11-8(9)3-2-4-12-11/h2-4,6-7H,5H2,1H3,(H,12,13)(H,14,15)/t7-/m1/s1. The zero-order valence-corrected chi connectivity index (χ0v) is 8.40. The molecule has 2 N–H and O–H groups in total. The molecule has 0 spiro atoms. The number of aromatic nitrogens is 2. The summed E-state index contributed by atoms with van der Waals surface area (Å²) in [5, 5.41) is 9.73. The highest BCUT2D eigenvalue weighted by molar-refractivity contribution is 5.81. The molecule has 0 saturated carbocycles. The van der Waals surface area contributed by atoms with Crippen LogP contribution in [0, 0.1) is 0 Å². The number of hydrogen-bond acceptors (Lipinski definition) is 2. The van der Waals surface area contributed by atoms with Crippen LogP contribution in [0.25, 0.3) is 11.0 Å². The van der Waals surface area contributed by atoms with Crippen LogP contribution in [0.4, 0.5) is 0 Å². The van der Waals surface area contributed by atoms with E-state index >= 15 is 0 Å². The van der Waals surface area contributed by atoms with E-state index in [9.17, 15) is 4.79 Å². The quantitative estimate of drug-likeness (QED) is 0.804. The molecule has 1 atom stereocenters. The zero-order valence-electron chi connectivity index (χ0n) is 8.40. The summed E-state index contributed by atoms with van der Waals surface area (Å²) in [5.41, 5.74) is 1.82. The number of carbonyl (C=O) groups is 1. The summed E-state index contributed by atoms with van der Waals surface area (Å²) >= 11 is 0. The second-order valence-electron chi connectivity index (χ2n) is 3.64. The SMILES string of the molecule is C[C@H](CC(=O)O)c1c[nH]c2ncccc12. The van der Waals surface area contributed by atoms with Crippen LogP contribution in [0.1, 0.15) is 24.8 Å². The van der Waals surface area contributed by atoms with Gasteiger partial charge in [0.25, 0.3) is 0 Å². The van der Waals surface area contributed by atoms with E-state index in [2.05, 4.69) is 9.97 Å². The lowest BCUT2D eigenvalue weighted by molar-refractivity contribution is -0.137. The fourth-order valence-electron chi connectivity index (χ4n) is 1.76. The topological polar surface area (TPSA) is 66.0 Å². The summed E-state index contributed by atoms with van der Waals surface area (Å²) in [6.07, 6.45) is 3.69. The third-order valence-electron chi connectivity index (χ3n) is 2.49. The summed E-state index contributed by atoms with van der Waals surface area (Å²) in [4.78, 5) is 17.8. The van der Waals surface area contributed by atoms with Gasteiger partial charge in [0.15, 0.2) is 0 Å². The Morgan fingerprint density at radius 3 is 3.20 bits per heavy atom.